The number of nitrogens with one attached hydrogen (secondary N) is 1. The molecule has 4 aromatic rings. The molecular weight excluding hydrogens is 466 g/mol. The molecule has 2 aliphatic rings. The lowest BCUT2D eigenvalue weighted by Crippen LogP contribution is -2.35. The molecule has 176 valence electrons. The summed E-state index contributed by atoms with van der Waals surface area (Å²) in [6.07, 6.45) is 1.76. The Bertz CT molecular complexity index is 1690. The zero-order valence-corrected chi connectivity index (χ0v) is 20.9. The Balaban J connectivity index is 1.40. The van der Waals surface area contributed by atoms with E-state index in [2.05, 4.69) is 51.9 Å². The van der Waals surface area contributed by atoms with Gasteiger partial charge in [0.25, 0.3) is 5.91 Å². The lowest BCUT2D eigenvalue weighted by molar-refractivity contribution is -0.114. The van der Waals surface area contributed by atoms with Gasteiger partial charge in [-0.25, -0.2) is 0 Å². The van der Waals surface area contributed by atoms with Gasteiger partial charge < -0.3 is 4.57 Å². The fraction of sp³-hybridized carbons (Fsp3) is 0.103. The number of aromatic nitrogens is 1. The highest BCUT2D eigenvalue weighted by Gasteiger charge is 2.36. The Morgan fingerprint density at radius 1 is 0.944 bits per heavy atom. The third-order valence-electron chi connectivity index (χ3n) is 6.61. The molecule has 1 amide bonds. The Labute approximate surface area is 213 Å². The van der Waals surface area contributed by atoms with Gasteiger partial charge in [0.2, 0.25) is 5.17 Å². The smallest absolute Gasteiger partial charge is 0.283 e. The van der Waals surface area contributed by atoms with E-state index in [1.165, 1.54) is 22.2 Å². The lowest BCUT2D eigenvalue weighted by Gasteiger charge is -2.20. The summed E-state index contributed by atoms with van der Waals surface area (Å²) in [6, 6.07) is 24.6. The first-order valence-electron chi connectivity index (χ1n) is 11.7. The van der Waals surface area contributed by atoms with Crippen molar-refractivity contribution < 1.29 is 4.79 Å². The van der Waals surface area contributed by atoms with Gasteiger partial charge in [-0.05, 0) is 67.3 Å². The number of rotatable bonds is 3. The SMILES string of the molecule is Cc1ccccc1C1=NN2C(=N)/C(=C/c3cc(C)n(-c4cccc5ccccc45)c3C)C(=O)N=C2S1. The molecule has 0 unspecified atom stereocenters. The first-order valence-corrected chi connectivity index (χ1v) is 12.5. The number of carbonyl (C=O) groups excluding carboxylic acids is 1. The standard InChI is InChI=1S/C29H23N5OS/c1-17-9-4-6-12-22(17)28-32-34-26(30)24(27(35)31-29(34)36-28)16-21-15-18(2)33(19(21)3)25-14-8-11-20-10-5-7-13-23(20)25/h4-16,30H,1-3H3/b24-16-,30-26?. The summed E-state index contributed by atoms with van der Waals surface area (Å²) in [6.45, 7) is 6.11. The van der Waals surface area contributed by atoms with Crippen LogP contribution in [0.15, 0.2) is 88.5 Å². The molecule has 6 rings (SSSR count). The van der Waals surface area contributed by atoms with Crippen LogP contribution >= 0.6 is 11.8 Å². The van der Waals surface area contributed by atoms with E-state index in [0.717, 1.165) is 44.2 Å². The van der Waals surface area contributed by atoms with Crippen LogP contribution in [-0.4, -0.2) is 31.5 Å². The average Bonchev–Trinajstić information content (AvgIpc) is 3.42. The van der Waals surface area contributed by atoms with Gasteiger partial charge in [-0.1, -0.05) is 60.7 Å². The van der Waals surface area contributed by atoms with Crippen molar-refractivity contribution in [1.29, 1.82) is 5.41 Å². The van der Waals surface area contributed by atoms with Gasteiger partial charge in [0.1, 0.15) is 5.04 Å². The molecule has 36 heavy (non-hydrogen) atoms. The van der Waals surface area contributed by atoms with E-state index in [9.17, 15) is 4.79 Å². The Kier molecular flexibility index (Phi) is 5.23. The van der Waals surface area contributed by atoms with Crippen molar-refractivity contribution in [1.82, 2.24) is 9.58 Å². The van der Waals surface area contributed by atoms with E-state index in [1.807, 2.05) is 56.3 Å². The van der Waals surface area contributed by atoms with Crippen molar-refractivity contribution in [2.24, 2.45) is 10.1 Å². The van der Waals surface area contributed by atoms with Crippen LogP contribution in [0, 0.1) is 26.2 Å². The highest BCUT2D eigenvalue weighted by atomic mass is 32.2. The van der Waals surface area contributed by atoms with Gasteiger partial charge in [0.05, 0.1) is 11.3 Å². The maximum atomic E-state index is 13.0. The van der Waals surface area contributed by atoms with Crippen LogP contribution in [0.5, 0.6) is 0 Å². The van der Waals surface area contributed by atoms with Crippen molar-refractivity contribution in [3.8, 4) is 5.69 Å². The largest absolute Gasteiger partial charge is 0.317 e. The number of benzene rings is 3. The number of carbonyl (C=O) groups is 1. The quantitative estimate of drug-likeness (QED) is 0.347. The fourth-order valence-electron chi connectivity index (χ4n) is 4.78. The Morgan fingerprint density at radius 2 is 1.69 bits per heavy atom. The summed E-state index contributed by atoms with van der Waals surface area (Å²) < 4.78 is 2.19. The highest BCUT2D eigenvalue weighted by Crippen LogP contribution is 2.33. The molecule has 2 aliphatic heterocycles. The summed E-state index contributed by atoms with van der Waals surface area (Å²) in [4.78, 5) is 17.3. The van der Waals surface area contributed by atoms with E-state index < -0.39 is 5.91 Å². The minimum absolute atomic E-state index is 0.0380. The molecule has 1 N–H and O–H groups in total. The van der Waals surface area contributed by atoms with Crippen molar-refractivity contribution in [2.75, 3.05) is 0 Å². The number of nitrogens with zero attached hydrogens (tertiary/aromatic N) is 4. The monoisotopic (exact) mass is 489 g/mol. The molecule has 0 saturated carbocycles. The van der Waals surface area contributed by atoms with Gasteiger partial charge in [0, 0.05) is 22.3 Å². The summed E-state index contributed by atoms with van der Waals surface area (Å²) >= 11 is 1.32. The van der Waals surface area contributed by atoms with Gasteiger partial charge in [-0.2, -0.15) is 15.1 Å². The molecule has 6 nitrogen and oxygen atoms in total. The lowest BCUT2D eigenvalue weighted by atomic mass is 10.1. The molecule has 0 atom stereocenters. The Hall–Kier alpha value is -4.23. The maximum Gasteiger partial charge on any atom is 0.283 e. The molecule has 3 heterocycles. The average molecular weight is 490 g/mol. The normalized spacial score (nSPS) is 16.5. The van der Waals surface area contributed by atoms with Gasteiger partial charge in [0.15, 0.2) is 5.84 Å². The van der Waals surface area contributed by atoms with Crippen LogP contribution in [-0.2, 0) is 4.79 Å². The predicted octanol–water partition coefficient (Wildman–Crippen LogP) is 6.22. The van der Waals surface area contributed by atoms with E-state index in [4.69, 9.17) is 5.41 Å². The number of aryl methyl sites for hydroxylation is 2. The second-order valence-electron chi connectivity index (χ2n) is 8.90. The van der Waals surface area contributed by atoms with Crippen LogP contribution in [0.25, 0.3) is 22.5 Å². The number of hydrogen-bond donors (Lipinski definition) is 1. The molecule has 1 aromatic heterocycles. The van der Waals surface area contributed by atoms with Crippen LogP contribution in [0.2, 0.25) is 0 Å². The van der Waals surface area contributed by atoms with E-state index >= 15 is 0 Å². The van der Waals surface area contributed by atoms with Crippen molar-refractivity contribution in [3.63, 3.8) is 0 Å². The fourth-order valence-corrected chi connectivity index (χ4v) is 5.76. The molecule has 0 aliphatic carbocycles. The second-order valence-corrected chi connectivity index (χ2v) is 9.86. The first-order chi connectivity index (χ1) is 17.4. The highest BCUT2D eigenvalue weighted by molar-refractivity contribution is 8.27. The van der Waals surface area contributed by atoms with Gasteiger partial charge >= 0.3 is 0 Å². The number of aliphatic imine (C=N–C) groups is 1. The summed E-state index contributed by atoms with van der Waals surface area (Å²) in [5, 5.41) is 18.4. The minimum Gasteiger partial charge on any atom is -0.317 e. The molecule has 0 saturated heterocycles. The van der Waals surface area contributed by atoms with Crippen molar-refractivity contribution in [3.05, 3.63) is 106 Å². The van der Waals surface area contributed by atoms with Crippen LogP contribution < -0.4 is 0 Å². The third-order valence-corrected chi connectivity index (χ3v) is 7.55. The molecular formula is C29H23N5OS. The van der Waals surface area contributed by atoms with E-state index in [1.54, 1.807) is 6.08 Å². The number of hydrazone groups is 1. The van der Waals surface area contributed by atoms with Crippen LogP contribution in [0.4, 0.5) is 0 Å². The first kappa shape index (κ1) is 22.2. The van der Waals surface area contributed by atoms with Gasteiger partial charge in [-0.15, -0.1) is 0 Å². The van der Waals surface area contributed by atoms with E-state index in [0.29, 0.717) is 5.17 Å². The number of thioether (sulfide) groups is 1. The number of amidine groups is 2. The molecule has 7 heteroatoms. The zero-order chi connectivity index (χ0) is 25.0. The van der Waals surface area contributed by atoms with Crippen LogP contribution in [0.3, 0.4) is 0 Å². The molecule has 0 radical (unpaired) electrons. The van der Waals surface area contributed by atoms with Crippen molar-refractivity contribution in [2.45, 2.75) is 20.8 Å². The number of fused-ring (bicyclic) bond motifs is 2. The maximum absolute atomic E-state index is 13.0. The predicted molar refractivity (Wildman–Crippen MR) is 148 cm³/mol. The summed E-state index contributed by atoms with van der Waals surface area (Å²) in [5.74, 6) is -0.383. The second kappa shape index (κ2) is 8.46. The molecule has 0 spiro atoms. The van der Waals surface area contributed by atoms with Crippen molar-refractivity contribution >= 4 is 50.6 Å². The molecule has 3 aromatic carbocycles. The molecule has 0 fully saturated rings. The molecule has 0 bridgehead atoms. The Morgan fingerprint density at radius 3 is 2.53 bits per heavy atom. The number of amides is 1. The zero-order valence-electron chi connectivity index (χ0n) is 20.1. The van der Waals surface area contributed by atoms with E-state index in [-0.39, 0.29) is 11.4 Å². The summed E-state index contributed by atoms with van der Waals surface area (Å²) in [5.41, 5.74) is 6.29. The van der Waals surface area contributed by atoms with Crippen LogP contribution in [0.1, 0.15) is 28.1 Å². The minimum atomic E-state index is -0.421. The number of hydrogen-bond acceptors (Lipinski definition) is 4. The third kappa shape index (κ3) is 3.51. The topological polar surface area (TPSA) is 73.8 Å². The van der Waals surface area contributed by atoms with Gasteiger partial charge in [-0.3, -0.25) is 10.2 Å². The summed E-state index contributed by atoms with van der Waals surface area (Å²) in [7, 11) is 0.